The highest BCUT2D eigenvalue weighted by molar-refractivity contribution is 5.96. The number of alkyl carbamates (subject to hydrolysis) is 1. The van der Waals surface area contributed by atoms with Crippen LogP contribution in [0.1, 0.15) is 41.0 Å². The van der Waals surface area contributed by atoms with Gasteiger partial charge in [0.15, 0.2) is 0 Å². The van der Waals surface area contributed by atoms with Crippen molar-refractivity contribution in [2.45, 2.75) is 38.7 Å². The van der Waals surface area contributed by atoms with E-state index in [0.717, 1.165) is 35.5 Å². The van der Waals surface area contributed by atoms with Crippen LogP contribution >= 0.6 is 0 Å². The first-order valence-corrected chi connectivity index (χ1v) is 9.50. The standard InChI is InChI=1S/C21H25N3O3/c1-15-13-18(16(2)24(15)17-7-4-3-5-8-17)19(25)23-11-6-9-21(10-12-23)14-22-20(26)27-21/h3-5,7-8,13H,6,9-12,14H2,1-2H3,(H,22,26)/t21-/m0/s1. The van der Waals surface area contributed by atoms with Gasteiger partial charge in [0.2, 0.25) is 0 Å². The number of nitrogens with zero attached hydrogens (tertiary/aromatic N) is 2. The van der Waals surface area contributed by atoms with E-state index in [4.69, 9.17) is 4.74 Å². The number of amides is 2. The van der Waals surface area contributed by atoms with Crippen LogP contribution in [0.5, 0.6) is 0 Å². The van der Waals surface area contributed by atoms with Crippen LogP contribution in [-0.4, -0.2) is 46.7 Å². The van der Waals surface area contributed by atoms with Crippen LogP contribution in [0.2, 0.25) is 0 Å². The summed E-state index contributed by atoms with van der Waals surface area (Å²) in [6.45, 7) is 5.85. The summed E-state index contributed by atoms with van der Waals surface area (Å²) in [6.07, 6.45) is 1.95. The lowest BCUT2D eigenvalue weighted by molar-refractivity contribution is 0.0438. The predicted molar refractivity (Wildman–Crippen MR) is 102 cm³/mol. The summed E-state index contributed by atoms with van der Waals surface area (Å²) in [5.74, 6) is 0.0552. The number of aryl methyl sites for hydroxylation is 1. The molecule has 6 heteroatoms. The molecule has 1 N–H and O–H groups in total. The molecule has 27 heavy (non-hydrogen) atoms. The molecule has 2 saturated heterocycles. The Bertz CT molecular complexity index is 874. The first-order valence-electron chi connectivity index (χ1n) is 9.50. The minimum atomic E-state index is -0.451. The number of carbonyl (C=O) groups is 2. The van der Waals surface area contributed by atoms with Crippen LogP contribution in [0, 0.1) is 13.8 Å². The molecule has 2 amide bonds. The number of ether oxygens (including phenoxy) is 1. The molecule has 0 aliphatic carbocycles. The molecule has 0 radical (unpaired) electrons. The van der Waals surface area contributed by atoms with Crippen LogP contribution in [0.3, 0.4) is 0 Å². The molecule has 1 atom stereocenters. The van der Waals surface area contributed by atoms with Crippen molar-refractivity contribution >= 4 is 12.0 Å². The van der Waals surface area contributed by atoms with Crippen LogP contribution in [0.15, 0.2) is 36.4 Å². The summed E-state index contributed by atoms with van der Waals surface area (Å²) >= 11 is 0. The van der Waals surface area contributed by atoms with E-state index in [1.807, 2.05) is 55.1 Å². The van der Waals surface area contributed by atoms with Gasteiger partial charge in [-0.15, -0.1) is 0 Å². The van der Waals surface area contributed by atoms with Gasteiger partial charge in [0.1, 0.15) is 5.60 Å². The zero-order chi connectivity index (χ0) is 19.0. The van der Waals surface area contributed by atoms with Crippen molar-refractivity contribution in [1.82, 2.24) is 14.8 Å². The maximum atomic E-state index is 13.2. The van der Waals surface area contributed by atoms with Gasteiger partial charge in [-0.05, 0) is 44.9 Å². The minimum absolute atomic E-state index is 0.0552. The topological polar surface area (TPSA) is 63.6 Å². The molecular weight excluding hydrogens is 342 g/mol. The number of hydrogen-bond acceptors (Lipinski definition) is 3. The molecule has 1 aromatic heterocycles. The van der Waals surface area contributed by atoms with Crippen LogP contribution in [0.4, 0.5) is 4.79 Å². The van der Waals surface area contributed by atoms with Crippen LogP contribution in [0.25, 0.3) is 5.69 Å². The lowest BCUT2D eigenvalue weighted by Gasteiger charge is -2.25. The molecule has 2 fully saturated rings. The van der Waals surface area contributed by atoms with Crippen LogP contribution in [-0.2, 0) is 4.74 Å². The van der Waals surface area contributed by atoms with Gasteiger partial charge in [0, 0.05) is 36.6 Å². The Morgan fingerprint density at radius 2 is 1.93 bits per heavy atom. The average molecular weight is 367 g/mol. The first-order chi connectivity index (χ1) is 13.0. The summed E-state index contributed by atoms with van der Waals surface area (Å²) in [5, 5.41) is 2.75. The molecule has 1 aromatic carbocycles. The van der Waals surface area contributed by atoms with Gasteiger partial charge in [0.05, 0.1) is 12.1 Å². The molecule has 1 spiro atoms. The van der Waals surface area contributed by atoms with E-state index < -0.39 is 5.60 Å². The van der Waals surface area contributed by atoms with E-state index in [2.05, 4.69) is 9.88 Å². The molecule has 6 nitrogen and oxygen atoms in total. The van der Waals surface area contributed by atoms with Crippen molar-refractivity contribution in [2.24, 2.45) is 0 Å². The van der Waals surface area contributed by atoms with Gasteiger partial charge in [-0.25, -0.2) is 4.79 Å². The fourth-order valence-electron chi connectivity index (χ4n) is 4.28. The van der Waals surface area contributed by atoms with Gasteiger partial charge in [-0.1, -0.05) is 18.2 Å². The Balaban J connectivity index is 1.56. The first kappa shape index (κ1) is 17.6. The number of nitrogens with one attached hydrogen (secondary N) is 1. The number of rotatable bonds is 2. The lowest BCUT2D eigenvalue weighted by Crippen LogP contribution is -2.36. The number of likely N-dealkylation sites (tertiary alicyclic amines) is 1. The maximum absolute atomic E-state index is 13.2. The highest BCUT2D eigenvalue weighted by Crippen LogP contribution is 2.30. The van der Waals surface area contributed by atoms with Crippen molar-refractivity contribution in [2.75, 3.05) is 19.6 Å². The molecule has 4 rings (SSSR count). The van der Waals surface area contributed by atoms with Crippen LogP contribution < -0.4 is 5.32 Å². The second-order valence-corrected chi connectivity index (χ2v) is 7.53. The number of carbonyl (C=O) groups excluding carboxylic acids is 2. The predicted octanol–water partition coefficient (Wildman–Crippen LogP) is 3.20. The highest BCUT2D eigenvalue weighted by atomic mass is 16.6. The molecule has 0 saturated carbocycles. The van der Waals surface area contributed by atoms with Crippen molar-refractivity contribution < 1.29 is 14.3 Å². The van der Waals surface area contributed by atoms with Crippen molar-refractivity contribution in [3.05, 3.63) is 53.3 Å². The maximum Gasteiger partial charge on any atom is 0.407 e. The fourth-order valence-corrected chi connectivity index (χ4v) is 4.28. The van der Waals surface area contributed by atoms with Gasteiger partial charge >= 0.3 is 6.09 Å². The van der Waals surface area contributed by atoms with Crippen molar-refractivity contribution in [1.29, 1.82) is 0 Å². The van der Waals surface area contributed by atoms with Gasteiger partial charge in [-0.2, -0.15) is 0 Å². The fraction of sp³-hybridized carbons (Fsp3) is 0.429. The molecule has 0 unspecified atom stereocenters. The second-order valence-electron chi connectivity index (χ2n) is 7.53. The molecular formula is C21H25N3O3. The summed E-state index contributed by atoms with van der Waals surface area (Å²) in [5.41, 5.74) is 3.35. The number of para-hydroxylation sites is 1. The Labute approximate surface area is 159 Å². The van der Waals surface area contributed by atoms with Gasteiger partial charge in [-0.3, -0.25) is 4.79 Å². The third-order valence-electron chi connectivity index (χ3n) is 5.73. The van der Waals surface area contributed by atoms with E-state index in [0.29, 0.717) is 26.1 Å². The quantitative estimate of drug-likeness (QED) is 0.887. The Morgan fingerprint density at radius 1 is 1.15 bits per heavy atom. The zero-order valence-corrected chi connectivity index (χ0v) is 15.8. The SMILES string of the molecule is Cc1cc(C(=O)N2CCC[C@]3(CC2)CNC(=O)O3)c(C)n1-c1ccccc1. The molecule has 0 bridgehead atoms. The van der Waals surface area contributed by atoms with E-state index in [-0.39, 0.29) is 12.0 Å². The largest absolute Gasteiger partial charge is 0.441 e. The summed E-state index contributed by atoms with van der Waals surface area (Å²) in [6, 6.07) is 12.1. The van der Waals surface area contributed by atoms with Gasteiger partial charge in [0.25, 0.3) is 5.91 Å². The van der Waals surface area contributed by atoms with Crippen molar-refractivity contribution in [3.63, 3.8) is 0 Å². The molecule has 2 aromatic rings. The van der Waals surface area contributed by atoms with E-state index >= 15 is 0 Å². The summed E-state index contributed by atoms with van der Waals surface area (Å²) in [4.78, 5) is 26.6. The number of aromatic nitrogens is 1. The highest BCUT2D eigenvalue weighted by Gasteiger charge is 2.42. The molecule has 3 heterocycles. The molecule has 142 valence electrons. The zero-order valence-electron chi connectivity index (χ0n) is 15.8. The summed E-state index contributed by atoms with van der Waals surface area (Å²) < 4.78 is 7.64. The number of benzene rings is 1. The minimum Gasteiger partial charge on any atom is -0.441 e. The second kappa shape index (κ2) is 6.76. The van der Waals surface area contributed by atoms with Gasteiger partial charge < -0.3 is 19.5 Å². The molecule has 2 aliphatic rings. The van der Waals surface area contributed by atoms with Crippen molar-refractivity contribution in [3.8, 4) is 5.69 Å². The van der Waals surface area contributed by atoms with E-state index in [9.17, 15) is 9.59 Å². The lowest BCUT2D eigenvalue weighted by atomic mass is 9.95. The Hall–Kier alpha value is -2.76. The number of hydrogen-bond donors (Lipinski definition) is 1. The monoisotopic (exact) mass is 367 g/mol. The van der Waals surface area contributed by atoms with E-state index in [1.54, 1.807) is 0 Å². The third kappa shape index (κ3) is 3.20. The van der Waals surface area contributed by atoms with E-state index in [1.165, 1.54) is 0 Å². The average Bonchev–Trinajstić information content (AvgIpc) is 3.08. The smallest absolute Gasteiger partial charge is 0.407 e. The molecule has 2 aliphatic heterocycles. The third-order valence-corrected chi connectivity index (χ3v) is 5.73. The Kier molecular flexibility index (Phi) is 4.42. The normalized spacial score (nSPS) is 22.4. The summed E-state index contributed by atoms with van der Waals surface area (Å²) in [7, 11) is 0. The Morgan fingerprint density at radius 3 is 2.63 bits per heavy atom.